The molecule has 0 saturated heterocycles. The van der Waals surface area contributed by atoms with Crippen LogP contribution in [-0.2, 0) is 0 Å². The second-order valence-electron chi connectivity index (χ2n) is 4.13. The average molecular weight is 269 g/mol. The largest absolute Gasteiger partial charge is 0.313 e. The fraction of sp³-hybridized carbons (Fsp3) is 0.267. The molecule has 3 aromatic rings. The molecule has 0 atom stereocenters. The fourth-order valence-electron chi connectivity index (χ4n) is 1.91. The molecule has 0 unspecified atom stereocenters. The molecule has 0 saturated carbocycles. The van der Waals surface area contributed by atoms with Gasteiger partial charge in [0.25, 0.3) is 0 Å². The topological polar surface area (TPSA) is 46.3 Å². The number of nitrogens with zero attached hydrogens (tertiary/aromatic N) is 5. The highest BCUT2D eigenvalue weighted by molar-refractivity contribution is 5.59. The maximum atomic E-state index is 4.31. The third-order valence-corrected chi connectivity index (χ3v) is 2.91. The summed E-state index contributed by atoms with van der Waals surface area (Å²) in [6.07, 6.45) is 3.37. The van der Waals surface area contributed by atoms with Crippen molar-refractivity contribution in [2.45, 2.75) is 20.8 Å². The zero-order chi connectivity index (χ0) is 14.5. The standard InChI is InChI=1S/C13H13N5.C2H6/c1-10-8-16-18-12(10)14-9-15-13(18)17(2)11-6-4-3-5-7-11;1-2/h3-9H,1-2H3;1-2H3. The third-order valence-electron chi connectivity index (χ3n) is 2.91. The first kappa shape index (κ1) is 14.0. The van der Waals surface area contributed by atoms with Crippen molar-refractivity contribution in [2.24, 2.45) is 0 Å². The van der Waals surface area contributed by atoms with Gasteiger partial charge in [0, 0.05) is 18.3 Å². The molecule has 0 amide bonds. The van der Waals surface area contributed by atoms with Gasteiger partial charge in [-0.2, -0.15) is 9.61 Å². The van der Waals surface area contributed by atoms with E-state index in [0.717, 1.165) is 22.8 Å². The Morgan fingerprint density at radius 1 is 1.05 bits per heavy atom. The summed E-state index contributed by atoms with van der Waals surface area (Å²) >= 11 is 0. The van der Waals surface area contributed by atoms with Gasteiger partial charge < -0.3 is 4.90 Å². The Bertz CT molecular complexity index is 675. The van der Waals surface area contributed by atoms with Gasteiger partial charge in [0.1, 0.15) is 6.33 Å². The highest BCUT2D eigenvalue weighted by atomic mass is 15.4. The first-order chi connectivity index (χ1) is 9.77. The number of aromatic nitrogens is 4. The molecule has 0 aliphatic rings. The Hall–Kier alpha value is -2.43. The van der Waals surface area contributed by atoms with E-state index in [0.29, 0.717) is 0 Å². The van der Waals surface area contributed by atoms with E-state index in [-0.39, 0.29) is 0 Å². The molecule has 0 bridgehead atoms. The summed E-state index contributed by atoms with van der Waals surface area (Å²) in [4.78, 5) is 10.5. The van der Waals surface area contributed by atoms with Crippen LogP contribution in [0.15, 0.2) is 42.9 Å². The minimum Gasteiger partial charge on any atom is -0.313 e. The van der Waals surface area contributed by atoms with E-state index in [2.05, 4.69) is 15.1 Å². The van der Waals surface area contributed by atoms with Crippen LogP contribution >= 0.6 is 0 Å². The highest BCUT2D eigenvalue weighted by Crippen LogP contribution is 2.21. The number of anilines is 2. The molecule has 0 spiro atoms. The number of hydrogen-bond donors (Lipinski definition) is 0. The first-order valence-corrected chi connectivity index (χ1v) is 6.71. The maximum Gasteiger partial charge on any atom is 0.234 e. The van der Waals surface area contributed by atoms with Crippen LogP contribution in [0.3, 0.4) is 0 Å². The SMILES string of the molecule is CC.Cc1cnn2c(N(C)c3ccccc3)ncnc12. The zero-order valence-corrected chi connectivity index (χ0v) is 12.3. The zero-order valence-electron chi connectivity index (χ0n) is 12.3. The van der Waals surface area contributed by atoms with Gasteiger partial charge in [-0.05, 0) is 19.1 Å². The van der Waals surface area contributed by atoms with Gasteiger partial charge in [0.15, 0.2) is 5.65 Å². The van der Waals surface area contributed by atoms with Crippen molar-refractivity contribution in [1.82, 2.24) is 19.6 Å². The van der Waals surface area contributed by atoms with Crippen LogP contribution in [0, 0.1) is 6.92 Å². The molecule has 0 aliphatic carbocycles. The molecular weight excluding hydrogens is 250 g/mol. The maximum absolute atomic E-state index is 4.31. The lowest BCUT2D eigenvalue weighted by atomic mass is 10.3. The highest BCUT2D eigenvalue weighted by Gasteiger charge is 2.11. The summed E-state index contributed by atoms with van der Waals surface area (Å²) in [5, 5.41) is 4.31. The number of para-hydroxylation sites is 1. The number of hydrogen-bond acceptors (Lipinski definition) is 4. The predicted octanol–water partition coefficient (Wildman–Crippen LogP) is 3.23. The Labute approximate surface area is 118 Å². The predicted molar refractivity (Wildman–Crippen MR) is 81.4 cm³/mol. The summed E-state index contributed by atoms with van der Waals surface area (Å²) in [6, 6.07) is 10.1. The second-order valence-corrected chi connectivity index (χ2v) is 4.13. The van der Waals surface area contributed by atoms with Crippen LogP contribution in [0.2, 0.25) is 0 Å². The second kappa shape index (κ2) is 6.14. The minimum atomic E-state index is 0.749. The summed E-state index contributed by atoms with van der Waals surface area (Å²) in [7, 11) is 1.97. The lowest BCUT2D eigenvalue weighted by Crippen LogP contribution is -2.16. The van der Waals surface area contributed by atoms with Gasteiger partial charge in [0.2, 0.25) is 5.95 Å². The third kappa shape index (κ3) is 2.47. The Morgan fingerprint density at radius 2 is 1.75 bits per heavy atom. The molecule has 0 radical (unpaired) electrons. The summed E-state index contributed by atoms with van der Waals surface area (Å²) in [5.41, 5.74) is 2.94. The molecule has 2 heterocycles. The van der Waals surface area contributed by atoms with Gasteiger partial charge in [-0.3, -0.25) is 0 Å². The van der Waals surface area contributed by atoms with Crippen molar-refractivity contribution >= 4 is 17.3 Å². The first-order valence-electron chi connectivity index (χ1n) is 6.71. The van der Waals surface area contributed by atoms with Crippen LogP contribution in [0.4, 0.5) is 11.6 Å². The van der Waals surface area contributed by atoms with Crippen LogP contribution in [0.1, 0.15) is 19.4 Å². The number of aryl methyl sites for hydroxylation is 1. The minimum absolute atomic E-state index is 0.749. The smallest absolute Gasteiger partial charge is 0.234 e. The van der Waals surface area contributed by atoms with Crippen molar-refractivity contribution < 1.29 is 0 Å². The van der Waals surface area contributed by atoms with E-state index < -0.39 is 0 Å². The molecule has 3 rings (SSSR count). The summed E-state index contributed by atoms with van der Waals surface area (Å²) < 4.78 is 1.75. The summed E-state index contributed by atoms with van der Waals surface area (Å²) in [5.74, 6) is 0.749. The van der Waals surface area contributed by atoms with Crippen LogP contribution in [0.5, 0.6) is 0 Å². The van der Waals surface area contributed by atoms with Gasteiger partial charge in [0.05, 0.1) is 6.20 Å². The van der Waals surface area contributed by atoms with E-state index in [1.54, 1.807) is 17.0 Å². The van der Waals surface area contributed by atoms with E-state index in [1.165, 1.54) is 0 Å². The summed E-state index contributed by atoms with van der Waals surface area (Å²) in [6.45, 7) is 5.99. The van der Waals surface area contributed by atoms with Crippen LogP contribution in [-0.4, -0.2) is 26.6 Å². The van der Waals surface area contributed by atoms with Crippen molar-refractivity contribution in [3.05, 3.63) is 48.4 Å². The average Bonchev–Trinajstić information content (AvgIpc) is 2.91. The van der Waals surface area contributed by atoms with E-state index in [9.17, 15) is 0 Å². The van der Waals surface area contributed by atoms with E-state index >= 15 is 0 Å². The number of fused-ring (bicyclic) bond motifs is 1. The van der Waals surface area contributed by atoms with E-state index in [4.69, 9.17) is 0 Å². The van der Waals surface area contributed by atoms with Crippen LogP contribution in [0.25, 0.3) is 5.65 Å². The van der Waals surface area contributed by atoms with Crippen LogP contribution < -0.4 is 4.90 Å². The lowest BCUT2D eigenvalue weighted by molar-refractivity contribution is 0.864. The van der Waals surface area contributed by atoms with Crippen molar-refractivity contribution in [3.63, 3.8) is 0 Å². The Kier molecular flexibility index (Phi) is 4.30. The lowest BCUT2D eigenvalue weighted by Gasteiger charge is -2.18. The van der Waals surface area contributed by atoms with Crippen molar-refractivity contribution in [3.8, 4) is 0 Å². The molecule has 104 valence electrons. The van der Waals surface area contributed by atoms with E-state index in [1.807, 2.05) is 63.1 Å². The molecule has 5 heteroatoms. The van der Waals surface area contributed by atoms with Gasteiger partial charge in [-0.15, -0.1) is 0 Å². The molecular formula is C15H19N5. The molecule has 2 aromatic heterocycles. The number of benzene rings is 1. The quantitative estimate of drug-likeness (QED) is 0.716. The fourth-order valence-corrected chi connectivity index (χ4v) is 1.91. The monoisotopic (exact) mass is 269 g/mol. The van der Waals surface area contributed by atoms with Gasteiger partial charge in [-0.25, -0.2) is 9.97 Å². The Balaban J connectivity index is 0.000000704. The van der Waals surface area contributed by atoms with Gasteiger partial charge in [-0.1, -0.05) is 32.0 Å². The molecule has 20 heavy (non-hydrogen) atoms. The molecule has 5 nitrogen and oxygen atoms in total. The number of rotatable bonds is 2. The Morgan fingerprint density at radius 3 is 2.45 bits per heavy atom. The molecule has 0 fully saturated rings. The van der Waals surface area contributed by atoms with Crippen molar-refractivity contribution in [2.75, 3.05) is 11.9 Å². The molecule has 0 N–H and O–H groups in total. The molecule has 1 aromatic carbocycles. The van der Waals surface area contributed by atoms with Crippen molar-refractivity contribution in [1.29, 1.82) is 0 Å². The van der Waals surface area contributed by atoms with Gasteiger partial charge >= 0.3 is 0 Å². The normalized spacial score (nSPS) is 10.0. The molecule has 0 aliphatic heterocycles.